The van der Waals surface area contributed by atoms with E-state index in [1.807, 2.05) is 0 Å². The van der Waals surface area contributed by atoms with Crippen molar-refractivity contribution in [2.45, 2.75) is 19.3 Å². The maximum atomic E-state index is 12.0. The Morgan fingerprint density at radius 2 is 1.83 bits per heavy atom. The zero-order valence-corrected chi connectivity index (χ0v) is 11.4. The van der Waals surface area contributed by atoms with E-state index in [9.17, 15) is 18.0 Å². The molecule has 0 heterocycles. The van der Waals surface area contributed by atoms with Crippen molar-refractivity contribution in [2.75, 3.05) is 25.6 Å². The maximum Gasteiger partial charge on any atom is 0.306 e. The molecule has 0 saturated heterocycles. The molecular weight excluding hydrogens is 258 g/mol. The average molecular weight is 277 g/mol. The molecule has 1 aliphatic carbocycles. The topological polar surface area (TPSA) is 91.8 Å². The molecule has 2 atom stereocenters. The highest BCUT2D eigenvalue weighted by Crippen LogP contribution is 2.32. The Labute approximate surface area is 107 Å². The van der Waals surface area contributed by atoms with Crippen LogP contribution in [0, 0.1) is 11.8 Å². The summed E-state index contributed by atoms with van der Waals surface area (Å²) in [5.74, 6) is -1.80. The van der Waals surface area contributed by atoms with Crippen LogP contribution in [0.5, 0.6) is 0 Å². The number of nitrogens with zero attached hydrogens (tertiary/aromatic N) is 1. The molecule has 0 radical (unpaired) electrons. The van der Waals surface area contributed by atoms with Crippen LogP contribution < -0.4 is 0 Å². The van der Waals surface area contributed by atoms with Gasteiger partial charge in [-0.2, -0.15) is 0 Å². The van der Waals surface area contributed by atoms with Crippen LogP contribution in [0.3, 0.4) is 0 Å². The van der Waals surface area contributed by atoms with Crippen molar-refractivity contribution in [3.8, 4) is 0 Å². The van der Waals surface area contributed by atoms with E-state index in [-0.39, 0.29) is 24.1 Å². The van der Waals surface area contributed by atoms with Gasteiger partial charge in [-0.1, -0.05) is 0 Å². The predicted molar refractivity (Wildman–Crippen MR) is 65.8 cm³/mol. The molecule has 18 heavy (non-hydrogen) atoms. The Kier molecular flexibility index (Phi) is 4.72. The van der Waals surface area contributed by atoms with Crippen molar-refractivity contribution >= 4 is 21.7 Å². The second kappa shape index (κ2) is 5.69. The number of aliphatic carboxylic acids is 1. The first-order valence-electron chi connectivity index (χ1n) is 5.86. The van der Waals surface area contributed by atoms with Gasteiger partial charge in [-0.25, -0.2) is 8.42 Å². The van der Waals surface area contributed by atoms with E-state index in [4.69, 9.17) is 5.11 Å². The molecular formula is C11H19NO5S. The molecule has 6 nitrogen and oxygen atoms in total. The second-order valence-electron chi connectivity index (χ2n) is 4.93. The van der Waals surface area contributed by atoms with Gasteiger partial charge in [-0.15, -0.1) is 0 Å². The van der Waals surface area contributed by atoms with E-state index in [1.165, 1.54) is 4.90 Å². The number of rotatable bonds is 5. The molecule has 1 N–H and O–H groups in total. The molecule has 0 aromatic carbocycles. The molecule has 0 aromatic heterocycles. The molecule has 0 aliphatic heterocycles. The van der Waals surface area contributed by atoms with Crippen LogP contribution in [0.15, 0.2) is 0 Å². The number of sulfone groups is 1. The Morgan fingerprint density at radius 1 is 1.28 bits per heavy atom. The summed E-state index contributed by atoms with van der Waals surface area (Å²) in [7, 11) is -1.53. The Bertz CT molecular complexity index is 431. The van der Waals surface area contributed by atoms with E-state index >= 15 is 0 Å². The third kappa shape index (κ3) is 4.29. The molecule has 0 spiro atoms. The van der Waals surface area contributed by atoms with Gasteiger partial charge in [0.05, 0.1) is 11.7 Å². The minimum absolute atomic E-state index is 0.0652. The van der Waals surface area contributed by atoms with E-state index in [1.54, 1.807) is 7.05 Å². The SMILES string of the molecule is CN(CCS(C)(=O)=O)C(=O)C1CCC(C(=O)O)C1. The fraction of sp³-hybridized carbons (Fsp3) is 0.818. The summed E-state index contributed by atoms with van der Waals surface area (Å²) in [6, 6.07) is 0. The lowest BCUT2D eigenvalue weighted by molar-refractivity contribution is -0.141. The number of hydrogen-bond acceptors (Lipinski definition) is 4. The highest BCUT2D eigenvalue weighted by atomic mass is 32.2. The summed E-state index contributed by atoms with van der Waals surface area (Å²) in [6.45, 7) is 0.159. The van der Waals surface area contributed by atoms with Crippen molar-refractivity contribution in [1.29, 1.82) is 0 Å². The van der Waals surface area contributed by atoms with Crippen molar-refractivity contribution in [3.63, 3.8) is 0 Å². The standard InChI is InChI=1S/C11H19NO5S/c1-12(5-6-18(2,16)17)10(13)8-3-4-9(7-8)11(14)15/h8-9H,3-7H2,1-2H3,(H,14,15). The molecule has 0 aromatic rings. The van der Waals surface area contributed by atoms with Gasteiger partial charge in [0, 0.05) is 25.8 Å². The fourth-order valence-corrected chi connectivity index (χ4v) is 2.76. The van der Waals surface area contributed by atoms with Gasteiger partial charge in [-0.05, 0) is 19.3 Å². The van der Waals surface area contributed by atoms with Gasteiger partial charge in [0.15, 0.2) is 0 Å². The van der Waals surface area contributed by atoms with Gasteiger partial charge in [0.2, 0.25) is 5.91 Å². The summed E-state index contributed by atoms with van der Waals surface area (Å²) in [5.41, 5.74) is 0. The number of amides is 1. The first-order valence-corrected chi connectivity index (χ1v) is 7.92. The average Bonchev–Trinajstić information content (AvgIpc) is 2.73. The first-order chi connectivity index (χ1) is 8.20. The Balaban J connectivity index is 2.48. The first kappa shape index (κ1) is 14.9. The predicted octanol–water partition coefficient (Wildman–Crippen LogP) is -0.00970. The van der Waals surface area contributed by atoms with Crippen LogP contribution in [0.4, 0.5) is 0 Å². The lowest BCUT2D eigenvalue weighted by Gasteiger charge is -2.20. The zero-order chi connectivity index (χ0) is 13.9. The molecule has 2 unspecified atom stereocenters. The van der Waals surface area contributed by atoms with Crippen LogP contribution in [0.1, 0.15) is 19.3 Å². The summed E-state index contributed by atoms with van der Waals surface area (Å²) in [6.07, 6.45) is 2.57. The lowest BCUT2D eigenvalue weighted by atomic mass is 10.0. The monoisotopic (exact) mass is 277 g/mol. The van der Waals surface area contributed by atoms with Crippen molar-refractivity contribution in [1.82, 2.24) is 4.90 Å². The summed E-state index contributed by atoms with van der Waals surface area (Å²) in [5, 5.41) is 8.86. The summed E-state index contributed by atoms with van der Waals surface area (Å²) < 4.78 is 22.0. The highest BCUT2D eigenvalue weighted by molar-refractivity contribution is 7.90. The van der Waals surface area contributed by atoms with Crippen molar-refractivity contribution in [2.24, 2.45) is 11.8 Å². The van der Waals surface area contributed by atoms with E-state index in [0.29, 0.717) is 19.3 Å². The van der Waals surface area contributed by atoms with Gasteiger partial charge < -0.3 is 10.0 Å². The second-order valence-corrected chi connectivity index (χ2v) is 7.19. The van der Waals surface area contributed by atoms with Crippen LogP contribution in [-0.4, -0.2) is 55.9 Å². The third-order valence-corrected chi connectivity index (χ3v) is 4.23. The highest BCUT2D eigenvalue weighted by Gasteiger charge is 2.35. The van der Waals surface area contributed by atoms with Crippen LogP contribution in [-0.2, 0) is 19.4 Å². The van der Waals surface area contributed by atoms with E-state index in [2.05, 4.69) is 0 Å². The van der Waals surface area contributed by atoms with Crippen molar-refractivity contribution < 1.29 is 23.1 Å². The zero-order valence-electron chi connectivity index (χ0n) is 10.6. The van der Waals surface area contributed by atoms with Gasteiger partial charge in [0.25, 0.3) is 0 Å². The largest absolute Gasteiger partial charge is 0.481 e. The Morgan fingerprint density at radius 3 is 2.28 bits per heavy atom. The summed E-state index contributed by atoms with van der Waals surface area (Å²) in [4.78, 5) is 24.1. The molecule has 1 amide bonds. The van der Waals surface area contributed by atoms with Crippen molar-refractivity contribution in [3.05, 3.63) is 0 Å². The third-order valence-electron chi connectivity index (χ3n) is 3.30. The normalized spacial score (nSPS) is 23.9. The number of carbonyl (C=O) groups is 2. The summed E-state index contributed by atoms with van der Waals surface area (Å²) >= 11 is 0. The number of carbonyl (C=O) groups excluding carboxylic acids is 1. The molecule has 1 saturated carbocycles. The van der Waals surface area contributed by atoms with E-state index < -0.39 is 21.7 Å². The van der Waals surface area contributed by atoms with Gasteiger partial charge >= 0.3 is 5.97 Å². The number of carboxylic acid groups (broad SMARTS) is 1. The lowest BCUT2D eigenvalue weighted by Crippen LogP contribution is -2.35. The molecule has 1 fully saturated rings. The maximum absolute atomic E-state index is 12.0. The van der Waals surface area contributed by atoms with E-state index in [0.717, 1.165) is 6.26 Å². The molecule has 104 valence electrons. The van der Waals surface area contributed by atoms with Gasteiger partial charge in [-0.3, -0.25) is 9.59 Å². The molecule has 7 heteroatoms. The minimum atomic E-state index is -3.09. The fourth-order valence-electron chi connectivity index (χ4n) is 2.15. The van der Waals surface area contributed by atoms with Gasteiger partial charge in [0.1, 0.15) is 9.84 Å². The number of carboxylic acids is 1. The minimum Gasteiger partial charge on any atom is -0.481 e. The Hall–Kier alpha value is -1.11. The van der Waals surface area contributed by atoms with Crippen LogP contribution in [0.2, 0.25) is 0 Å². The molecule has 0 bridgehead atoms. The quantitative estimate of drug-likeness (QED) is 0.763. The number of hydrogen-bond donors (Lipinski definition) is 1. The molecule has 1 rings (SSSR count). The smallest absolute Gasteiger partial charge is 0.306 e. The van der Waals surface area contributed by atoms with Crippen LogP contribution >= 0.6 is 0 Å². The molecule has 1 aliphatic rings. The van der Waals surface area contributed by atoms with Crippen LogP contribution in [0.25, 0.3) is 0 Å².